The molecule has 36 heavy (non-hydrogen) atoms. The summed E-state index contributed by atoms with van der Waals surface area (Å²) in [6, 6.07) is 5.78. The summed E-state index contributed by atoms with van der Waals surface area (Å²) in [6.45, 7) is 6.99. The first kappa shape index (κ1) is 25.1. The zero-order chi connectivity index (χ0) is 26.0. The van der Waals surface area contributed by atoms with Crippen molar-refractivity contribution in [1.29, 1.82) is 0 Å². The zero-order valence-corrected chi connectivity index (χ0v) is 19.4. The van der Waals surface area contributed by atoms with Crippen LogP contribution in [0.2, 0.25) is 0 Å². The minimum Gasteiger partial charge on any atom is -0.475 e. The number of rotatable bonds is 3. The molecule has 4 heterocycles. The second-order valence-corrected chi connectivity index (χ2v) is 8.26. The molecule has 0 unspecified atom stereocenters. The molecule has 2 aliphatic heterocycles. The van der Waals surface area contributed by atoms with Crippen molar-refractivity contribution in [1.82, 2.24) is 25.8 Å². The van der Waals surface area contributed by atoms with Gasteiger partial charge in [-0.1, -0.05) is 11.2 Å². The molecule has 2 amide bonds. The van der Waals surface area contributed by atoms with E-state index >= 15 is 0 Å². The van der Waals surface area contributed by atoms with Crippen LogP contribution in [0.25, 0.3) is 22.8 Å². The minimum atomic E-state index is -5.08. The van der Waals surface area contributed by atoms with E-state index in [4.69, 9.17) is 14.4 Å². The highest BCUT2D eigenvalue weighted by molar-refractivity contribution is 5.95. The quantitative estimate of drug-likeness (QED) is 0.495. The molecule has 1 saturated heterocycles. The van der Waals surface area contributed by atoms with E-state index < -0.39 is 12.1 Å². The maximum Gasteiger partial charge on any atom is 0.490 e. The number of nitrogens with one attached hydrogen (secondary N) is 2. The number of hydrogen-bond donors (Lipinski definition) is 3. The number of pyridine rings is 1. The number of benzene rings is 1. The summed E-state index contributed by atoms with van der Waals surface area (Å²) in [7, 11) is 0. The number of fused-ring (bicyclic) bond motifs is 1. The van der Waals surface area contributed by atoms with Crippen LogP contribution in [-0.2, 0) is 17.8 Å². The van der Waals surface area contributed by atoms with E-state index in [9.17, 15) is 18.0 Å². The number of carboxylic acids is 1. The number of aryl methyl sites for hydroxylation is 2. The molecule has 0 aliphatic carbocycles. The number of anilines is 1. The Morgan fingerprint density at radius 1 is 1.22 bits per heavy atom. The van der Waals surface area contributed by atoms with Crippen LogP contribution in [0.1, 0.15) is 22.4 Å². The fraction of sp³-hybridized carbons (Fsp3) is 0.348. The molecular formula is C23H23F3N6O4. The number of hydrogen-bond acceptors (Lipinski definition) is 7. The predicted octanol–water partition coefficient (Wildman–Crippen LogP) is 3.22. The van der Waals surface area contributed by atoms with E-state index in [1.165, 1.54) is 11.1 Å². The molecule has 190 valence electrons. The number of aromatic nitrogens is 3. The average molecular weight is 504 g/mol. The third-order valence-electron chi connectivity index (χ3n) is 5.83. The summed E-state index contributed by atoms with van der Waals surface area (Å²) in [4.78, 5) is 31.9. The molecule has 0 atom stereocenters. The van der Waals surface area contributed by atoms with E-state index in [0.717, 1.165) is 47.6 Å². The third kappa shape index (κ3) is 5.15. The van der Waals surface area contributed by atoms with Crippen molar-refractivity contribution in [2.24, 2.45) is 0 Å². The van der Waals surface area contributed by atoms with Crippen molar-refractivity contribution in [2.45, 2.75) is 33.0 Å². The summed E-state index contributed by atoms with van der Waals surface area (Å²) in [6.07, 6.45) is -2.24. The molecule has 3 aromatic rings. The third-order valence-corrected chi connectivity index (χ3v) is 5.83. The van der Waals surface area contributed by atoms with Gasteiger partial charge in [-0.15, -0.1) is 0 Å². The highest BCUT2D eigenvalue weighted by Gasteiger charge is 2.38. The van der Waals surface area contributed by atoms with E-state index in [2.05, 4.69) is 25.8 Å². The monoisotopic (exact) mass is 504 g/mol. The van der Waals surface area contributed by atoms with Gasteiger partial charge in [0.1, 0.15) is 0 Å². The Labute approximate surface area is 203 Å². The van der Waals surface area contributed by atoms with Crippen molar-refractivity contribution >= 4 is 17.7 Å². The van der Waals surface area contributed by atoms with Crippen LogP contribution in [0.15, 0.2) is 28.9 Å². The van der Waals surface area contributed by atoms with Crippen LogP contribution < -0.4 is 15.5 Å². The highest BCUT2D eigenvalue weighted by Crippen LogP contribution is 2.32. The van der Waals surface area contributed by atoms with Crippen molar-refractivity contribution < 1.29 is 32.4 Å². The van der Waals surface area contributed by atoms with E-state index in [1.54, 1.807) is 4.90 Å². The predicted molar refractivity (Wildman–Crippen MR) is 122 cm³/mol. The van der Waals surface area contributed by atoms with Gasteiger partial charge in [-0.2, -0.15) is 18.2 Å². The van der Waals surface area contributed by atoms with Gasteiger partial charge >= 0.3 is 18.2 Å². The Bertz CT molecular complexity index is 1310. The number of carbonyl (C=O) groups is 2. The minimum absolute atomic E-state index is 0.0808. The molecular weight excluding hydrogens is 481 g/mol. The Balaban J connectivity index is 0.000000384. The Kier molecular flexibility index (Phi) is 6.93. The first-order valence-corrected chi connectivity index (χ1v) is 11.0. The summed E-state index contributed by atoms with van der Waals surface area (Å²) in [5.74, 6) is -1.76. The standard InChI is InChI=1S/C21H22N6O2.C2HF3O2/c1-12-3-4-14(9-17(12)27-8-7-23-21(27)28)20-25-19(26-29-20)18-13(2)24-11-15-10-22-6-5-16(15)18;3-2(4,5)1(6)7/h3-4,9,11,22H,5-8,10H2,1-2H3,(H,23,28);(H,6,7). The van der Waals surface area contributed by atoms with Crippen LogP contribution in [-0.4, -0.2) is 58.0 Å². The van der Waals surface area contributed by atoms with E-state index in [0.29, 0.717) is 24.8 Å². The van der Waals surface area contributed by atoms with Crippen LogP contribution in [0.4, 0.5) is 23.7 Å². The summed E-state index contributed by atoms with van der Waals surface area (Å²) < 4.78 is 37.3. The number of halogens is 3. The molecule has 0 radical (unpaired) electrons. The van der Waals surface area contributed by atoms with E-state index in [1.807, 2.05) is 38.2 Å². The summed E-state index contributed by atoms with van der Waals surface area (Å²) >= 11 is 0. The van der Waals surface area contributed by atoms with Gasteiger partial charge in [-0.25, -0.2) is 9.59 Å². The molecule has 0 spiro atoms. The fourth-order valence-electron chi connectivity index (χ4n) is 4.04. The normalized spacial score (nSPS) is 15.1. The van der Waals surface area contributed by atoms with Gasteiger partial charge in [0.05, 0.1) is 0 Å². The summed E-state index contributed by atoms with van der Waals surface area (Å²) in [5.41, 5.74) is 6.96. The molecule has 1 fully saturated rings. The number of amides is 2. The Hall–Kier alpha value is -4.00. The van der Waals surface area contributed by atoms with Gasteiger partial charge < -0.3 is 20.3 Å². The first-order chi connectivity index (χ1) is 17.1. The van der Waals surface area contributed by atoms with Crippen molar-refractivity contribution in [3.63, 3.8) is 0 Å². The maximum atomic E-state index is 12.1. The van der Waals surface area contributed by atoms with Crippen molar-refractivity contribution in [2.75, 3.05) is 24.5 Å². The molecule has 0 bridgehead atoms. The van der Waals surface area contributed by atoms with E-state index in [-0.39, 0.29) is 6.03 Å². The molecule has 1 aromatic carbocycles. The van der Waals surface area contributed by atoms with Gasteiger partial charge in [0.25, 0.3) is 5.89 Å². The Morgan fingerprint density at radius 2 is 1.97 bits per heavy atom. The van der Waals surface area contributed by atoms with Crippen LogP contribution >= 0.6 is 0 Å². The lowest BCUT2D eigenvalue weighted by Gasteiger charge is -2.19. The number of carboxylic acid groups (broad SMARTS) is 1. The lowest BCUT2D eigenvalue weighted by atomic mass is 9.95. The topological polar surface area (TPSA) is 133 Å². The second kappa shape index (κ2) is 9.93. The number of aliphatic carboxylic acids is 1. The molecule has 13 heteroatoms. The number of alkyl halides is 3. The number of carbonyl (C=O) groups excluding carboxylic acids is 1. The first-order valence-electron chi connectivity index (χ1n) is 11.0. The largest absolute Gasteiger partial charge is 0.490 e. The van der Waals surface area contributed by atoms with Crippen molar-refractivity contribution in [3.05, 3.63) is 46.8 Å². The molecule has 10 nitrogen and oxygen atoms in total. The average Bonchev–Trinajstić information content (AvgIpc) is 3.48. The second-order valence-electron chi connectivity index (χ2n) is 8.26. The summed E-state index contributed by atoms with van der Waals surface area (Å²) in [5, 5.41) is 17.6. The molecule has 0 saturated carbocycles. The van der Waals surface area contributed by atoms with Gasteiger partial charge in [0, 0.05) is 48.3 Å². The zero-order valence-electron chi connectivity index (χ0n) is 19.4. The van der Waals surface area contributed by atoms with Crippen LogP contribution in [0.5, 0.6) is 0 Å². The SMILES string of the molecule is Cc1ccc(-c2nc(-c3c(C)ncc4c3CCNC4)no2)cc1N1CCNC1=O.O=C(O)C(F)(F)F. The maximum absolute atomic E-state index is 12.1. The van der Waals surface area contributed by atoms with Crippen LogP contribution in [0.3, 0.4) is 0 Å². The lowest BCUT2D eigenvalue weighted by molar-refractivity contribution is -0.192. The van der Waals surface area contributed by atoms with Gasteiger partial charge in [0.2, 0.25) is 5.82 Å². The molecule has 3 N–H and O–H groups in total. The Morgan fingerprint density at radius 3 is 2.64 bits per heavy atom. The fourth-order valence-corrected chi connectivity index (χ4v) is 4.04. The van der Waals surface area contributed by atoms with Gasteiger partial charge in [0.15, 0.2) is 0 Å². The molecule has 2 aliphatic rings. The van der Waals surface area contributed by atoms with Gasteiger partial charge in [-0.05, 0) is 55.6 Å². The van der Waals surface area contributed by atoms with Crippen molar-refractivity contribution in [3.8, 4) is 22.8 Å². The highest BCUT2D eigenvalue weighted by atomic mass is 19.4. The number of urea groups is 1. The number of nitrogens with zero attached hydrogens (tertiary/aromatic N) is 4. The van der Waals surface area contributed by atoms with Gasteiger partial charge in [-0.3, -0.25) is 9.88 Å². The smallest absolute Gasteiger partial charge is 0.475 e. The lowest BCUT2D eigenvalue weighted by Crippen LogP contribution is -2.28. The van der Waals surface area contributed by atoms with Crippen LogP contribution in [0, 0.1) is 13.8 Å². The molecule has 5 rings (SSSR count). The molecule has 2 aromatic heterocycles.